The normalized spacial score (nSPS) is 13.3. The summed E-state index contributed by atoms with van der Waals surface area (Å²) < 4.78 is 5.38. The zero-order chi connectivity index (χ0) is 9.84. The van der Waals surface area contributed by atoms with E-state index in [0.717, 1.165) is 0 Å². The van der Waals surface area contributed by atoms with Crippen LogP contribution in [0.25, 0.3) is 0 Å². The van der Waals surface area contributed by atoms with Gasteiger partial charge in [-0.3, -0.25) is 4.90 Å². The molecule has 0 bridgehead atoms. The SMILES string of the molecule is COC(c1cccc(C)c1)N(C)C. The minimum atomic E-state index is 0.0555. The van der Waals surface area contributed by atoms with Crippen LogP contribution in [0.1, 0.15) is 17.4 Å². The third kappa shape index (κ3) is 2.54. The number of nitrogens with zero attached hydrogens (tertiary/aromatic N) is 1. The highest BCUT2D eigenvalue weighted by Gasteiger charge is 2.11. The Bertz CT molecular complexity index is 271. The van der Waals surface area contributed by atoms with Crippen molar-refractivity contribution in [3.8, 4) is 0 Å². The number of methoxy groups -OCH3 is 1. The van der Waals surface area contributed by atoms with Gasteiger partial charge in [0.1, 0.15) is 6.23 Å². The number of rotatable bonds is 3. The molecule has 2 heteroatoms. The Balaban J connectivity index is 2.91. The van der Waals surface area contributed by atoms with Crippen molar-refractivity contribution in [1.29, 1.82) is 0 Å². The van der Waals surface area contributed by atoms with Crippen LogP contribution in [0.3, 0.4) is 0 Å². The number of ether oxygens (including phenoxy) is 1. The molecule has 1 aromatic carbocycles. The van der Waals surface area contributed by atoms with E-state index in [0.29, 0.717) is 0 Å². The topological polar surface area (TPSA) is 12.5 Å². The second kappa shape index (κ2) is 4.40. The molecule has 1 atom stereocenters. The third-order valence-electron chi connectivity index (χ3n) is 2.02. The fraction of sp³-hybridized carbons (Fsp3) is 0.455. The molecule has 0 saturated heterocycles. The molecule has 13 heavy (non-hydrogen) atoms. The fourth-order valence-electron chi connectivity index (χ4n) is 1.47. The van der Waals surface area contributed by atoms with Crippen LogP contribution in [-0.2, 0) is 4.74 Å². The largest absolute Gasteiger partial charge is 0.362 e. The van der Waals surface area contributed by atoms with Crippen LogP contribution < -0.4 is 0 Å². The van der Waals surface area contributed by atoms with Crippen LogP contribution in [0.15, 0.2) is 24.3 Å². The first-order valence-corrected chi connectivity index (χ1v) is 4.41. The lowest BCUT2D eigenvalue weighted by molar-refractivity contribution is -0.00543. The average Bonchev–Trinajstić information content (AvgIpc) is 2.04. The number of hydrogen-bond acceptors (Lipinski definition) is 2. The molecule has 0 aliphatic carbocycles. The minimum absolute atomic E-state index is 0.0555. The molecule has 0 saturated carbocycles. The molecule has 0 aliphatic rings. The maximum absolute atomic E-state index is 5.38. The van der Waals surface area contributed by atoms with Crippen molar-refractivity contribution in [2.75, 3.05) is 21.2 Å². The summed E-state index contributed by atoms with van der Waals surface area (Å²) in [5.41, 5.74) is 2.47. The third-order valence-corrected chi connectivity index (χ3v) is 2.02. The highest BCUT2D eigenvalue weighted by Crippen LogP contribution is 2.19. The van der Waals surface area contributed by atoms with Gasteiger partial charge in [-0.15, -0.1) is 0 Å². The van der Waals surface area contributed by atoms with Crippen LogP contribution >= 0.6 is 0 Å². The summed E-state index contributed by atoms with van der Waals surface area (Å²) in [6.45, 7) is 2.09. The van der Waals surface area contributed by atoms with Gasteiger partial charge in [0.05, 0.1) is 0 Å². The zero-order valence-corrected chi connectivity index (χ0v) is 8.74. The molecule has 0 N–H and O–H groups in total. The summed E-state index contributed by atoms with van der Waals surface area (Å²) in [5.74, 6) is 0. The van der Waals surface area contributed by atoms with Crippen molar-refractivity contribution in [2.24, 2.45) is 0 Å². The maximum Gasteiger partial charge on any atom is 0.135 e. The summed E-state index contributed by atoms with van der Waals surface area (Å²) in [5, 5.41) is 0. The van der Waals surface area contributed by atoms with Crippen molar-refractivity contribution >= 4 is 0 Å². The highest BCUT2D eigenvalue weighted by atomic mass is 16.5. The van der Waals surface area contributed by atoms with Gasteiger partial charge in [0.25, 0.3) is 0 Å². The lowest BCUT2D eigenvalue weighted by Crippen LogP contribution is -2.21. The van der Waals surface area contributed by atoms with Crippen molar-refractivity contribution in [1.82, 2.24) is 4.90 Å². The molecule has 2 nitrogen and oxygen atoms in total. The van der Waals surface area contributed by atoms with Crippen LogP contribution in [0.4, 0.5) is 0 Å². The van der Waals surface area contributed by atoms with E-state index in [1.807, 2.05) is 14.1 Å². The van der Waals surface area contributed by atoms with E-state index in [-0.39, 0.29) is 6.23 Å². The predicted octanol–water partition coefficient (Wildman–Crippen LogP) is 2.20. The van der Waals surface area contributed by atoms with E-state index in [1.54, 1.807) is 7.11 Å². The van der Waals surface area contributed by atoms with Crippen LogP contribution in [0.5, 0.6) is 0 Å². The Morgan fingerprint density at radius 2 is 2.00 bits per heavy atom. The molecular weight excluding hydrogens is 162 g/mol. The van der Waals surface area contributed by atoms with Crippen molar-refractivity contribution in [3.05, 3.63) is 35.4 Å². The second-order valence-corrected chi connectivity index (χ2v) is 3.47. The molecule has 0 spiro atoms. The van der Waals surface area contributed by atoms with Crippen molar-refractivity contribution in [2.45, 2.75) is 13.2 Å². The molecule has 0 fully saturated rings. The fourth-order valence-corrected chi connectivity index (χ4v) is 1.47. The molecule has 0 radical (unpaired) electrons. The van der Waals surface area contributed by atoms with Crippen LogP contribution in [-0.4, -0.2) is 26.1 Å². The summed E-state index contributed by atoms with van der Waals surface area (Å²) in [4.78, 5) is 2.05. The lowest BCUT2D eigenvalue weighted by Gasteiger charge is -2.23. The van der Waals surface area contributed by atoms with E-state index in [4.69, 9.17) is 4.74 Å². The van der Waals surface area contributed by atoms with Gasteiger partial charge in [-0.05, 0) is 26.6 Å². The Kier molecular flexibility index (Phi) is 3.46. The Morgan fingerprint density at radius 1 is 1.31 bits per heavy atom. The molecule has 1 unspecified atom stereocenters. The molecule has 72 valence electrons. The smallest absolute Gasteiger partial charge is 0.135 e. The monoisotopic (exact) mass is 179 g/mol. The Labute approximate surface area is 80.1 Å². The zero-order valence-electron chi connectivity index (χ0n) is 8.74. The average molecular weight is 179 g/mol. The maximum atomic E-state index is 5.38. The van der Waals surface area contributed by atoms with Gasteiger partial charge in [0.2, 0.25) is 0 Å². The molecule has 0 amide bonds. The van der Waals surface area contributed by atoms with Crippen LogP contribution in [0.2, 0.25) is 0 Å². The first kappa shape index (κ1) is 10.2. The van der Waals surface area contributed by atoms with Gasteiger partial charge in [-0.1, -0.05) is 29.8 Å². The summed E-state index contributed by atoms with van der Waals surface area (Å²) in [6.07, 6.45) is 0.0555. The number of aryl methyl sites for hydroxylation is 1. The van der Waals surface area contributed by atoms with E-state index >= 15 is 0 Å². The molecule has 0 heterocycles. The van der Waals surface area contributed by atoms with Crippen molar-refractivity contribution < 1.29 is 4.74 Å². The Hall–Kier alpha value is -0.860. The van der Waals surface area contributed by atoms with Gasteiger partial charge >= 0.3 is 0 Å². The van der Waals surface area contributed by atoms with Gasteiger partial charge in [-0.2, -0.15) is 0 Å². The van der Waals surface area contributed by atoms with E-state index in [9.17, 15) is 0 Å². The molecule has 1 rings (SSSR count). The summed E-state index contributed by atoms with van der Waals surface area (Å²) >= 11 is 0. The summed E-state index contributed by atoms with van der Waals surface area (Å²) in [6, 6.07) is 8.38. The molecule has 1 aromatic rings. The van der Waals surface area contributed by atoms with E-state index < -0.39 is 0 Å². The molecule has 0 aliphatic heterocycles. The standard InChI is InChI=1S/C11H17NO/c1-9-6-5-7-10(8-9)11(13-4)12(2)3/h5-8,11H,1-4H3. The van der Waals surface area contributed by atoms with E-state index in [2.05, 4.69) is 36.1 Å². The van der Waals surface area contributed by atoms with Gasteiger partial charge in [-0.25, -0.2) is 0 Å². The first-order valence-electron chi connectivity index (χ1n) is 4.41. The number of benzene rings is 1. The Morgan fingerprint density at radius 3 is 2.46 bits per heavy atom. The lowest BCUT2D eigenvalue weighted by atomic mass is 10.1. The minimum Gasteiger partial charge on any atom is -0.362 e. The molecule has 0 aromatic heterocycles. The van der Waals surface area contributed by atoms with Gasteiger partial charge < -0.3 is 4.74 Å². The highest BCUT2D eigenvalue weighted by molar-refractivity contribution is 5.23. The predicted molar refractivity (Wildman–Crippen MR) is 54.6 cm³/mol. The van der Waals surface area contributed by atoms with Crippen LogP contribution in [0, 0.1) is 6.92 Å². The summed E-state index contributed by atoms with van der Waals surface area (Å²) in [7, 11) is 5.75. The van der Waals surface area contributed by atoms with Crippen molar-refractivity contribution in [3.63, 3.8) is 0 Å². The number of hydrogen-bond donors (Lipinski definition) is 0. The van der Waals surface area contributed by atoms with Gasteiger partial charge in [0.15, 0.2) is 0 Å². The first-order chi connectivity index (χ1) is 6.15. The molecular formula is C11H17NO. The van der Waals surface area contributed by atoms with Gasteiger partial charge in [0, 0.05) is 7.11 Å². The van der Waals surface area contributed by atoms with E-state index in [1.165, 1.54) is 11.1 Å². The second-order valence-electron chi connectivity index (χ2n) is 3.47. The quantitative estimate of drug-likeness (QED) is 0.659.